The van der Waals surface area contributed by atoms with Crippen LogP contribution in [0.3, 0.4) is 0 Å². The second kappa shape index (κ2) is 5.50. The molecule has 2 N–H and O–H groups in total. The van der Waals surface area contributed by atoms with E-state index in [0.29, 0.717) is 10.7 Å². The molecule has 2 rings (SSSR count). The van der Waals surface area contributed by atoms with Crippen LogP contribution in [-0.2, 0) is 20.8 Å². The summed E-state index contributed by atoms with van der Waals surface area (Å²) in [5.74, 6) is -1.86. The molecule has 6 nitrogen and oxygen atoms in total. The standard InChI is InChI=1S/C13H13ClN2O4/c1-7(17)15-10(13(19)20)6-16-11-5-9(14)3-2-8(11)4-12(16)18/h2-3,5,10H,4,6H2,1H3,(H,15,17)(H,19,20). The van der Waals surface area contributed by atoms with Crippen molar-refractivity contribution in [3.63, 3.8) is 0 Å². The summed E-state index contributed by atoms with van der Waals surface area (Å²) in [7, 11) is 0. The molecule has 0 saturated heterocycles. The average Bonchev–Trinajstić information content (AvgIpc) is 2.64. The number of rotatable bonds is 4. The first-order valence-electron chi connectivity index (χ1n) is 5.97. The average molecular weight is 297 g/mol. The van der Waals surface area contributed by atoms with Gasteiger partial charge in [0, 0.05) is 17.6 Å². The Labute approximate surface area is 120 Å². The molecule has 0 fully saturated rings. The summed E-state index contributed by atoms with van der Waals surface area (Å²) in [6.45, 7) is 1.10. The number of halogens is 1. The molecule has 1 aliphatic rings. The number of carbonyl (C=O) groups excluding carboxylic acids is 2. The van der Waals surface area contributed by atoms with Crippen LogP contribution in [0.4, 0.5) is 5.69 Å². The van der Waals surface area contributed by atoms with Gasteiger partial charge < -0.3 is 15.3 Å². The molecule has 2 amide bonds. The number of carboxylic acid groups (broad SMARTS) is 1. The maximum absolute atomic E-state index is 12.0. The number of nitrogens with zero attached hydrogens (tertiary/aromatic N) is 1. The number of carboxylic acids is 1. The fourth-order valence-electron chi connectivity index (χ4n) is 2.14. The molecule has 106 valence electrons. The van der Waals surface area contributed by atoms with Crippen LogP contribution in [0.5, 0.6) is 0 Å². The van der Waals surface area contributed by atoms with E-state index in [9.17, 15) is 14.4 Å². The zero-order valence-corrected chi connectivity index (χ0v) is 11.5. The highest BCUT2D eigenvalue weighted by Crippen LogP contribution is 2.31. The SMILES string of the molecule is CC(=O)NC(CN1C(=O)Cc2ccc(Cl)cc21)C(=O)O. The lowest BCUT2D eigenvalue weighted by atomic mass is 10.2. The van der Waals surface area contributed by atoms with E-state index < -0.39 is 17.9 Å². The van der Waals surface area contributed by atoms with Crippen LogP contribution in [0.25, 0.3) is 0 Å². The van der Waals surface area contributed by atoms with Gasteiger partial charge in [-0.25, -0.2) is 4.79 Å². The quantitative estimate of drug-likeness (QED) is 0.861. The fourth-order valence-corrected chi connectivity index (χ4v) is 2.31. The molecule has 0 aliphatic carbocycles. The van der Waals surface area contributed by atoms with Crippen molar-refractivity contribution >= 4 is 35.1 Å². The first-order valence-corrected chi connectivity index (χ1v) is 6.35. The van der Waals surface area contributed by atoms with E-state index in [1.807, 2.05) is 0 Å². The number of nitrogens with one attached hydrogen (secondary N) is 1. The van der Waals surface area contributed by atoms with Gasteiger partial charge in [-0.05, 0) is 17.7 Å². The minimum Gasteiger partial charge on any atom is -0.480 e. The summed E-state index contributed by atoms with van der Waals surface area (Å²) >= 11 is 5.90. The predicted molar refractivity (Wildman–Crippen MR) is 72.7 cm³/mol. The second-order valence-electron chi connectivity index (χ2n) is 4.55. The van der Waals surface area contributed by atoms with Crippen molar-refractivity contribution in [3.05, 3.63) is 28.8 Å². The van der Waals surface area contributed by atoms with Crippen LogP contribution in [0.2, 0.25) is 5.02 Å². The van der Waals surface area contributed by atoms with Crippen LogP contribution in [-0.4, -0.2) is 35.5 Å². The molecular formula is C13H13ClN2O4. The maximum atomic E-state index is 12.0. The topological polar surface area (TPSA) is 86.7 Å². The summed E-state index contributed by atoms with van der Waals surface area (Å²) in [5, 5.41) is 11.9. The maximum Gasteiger partial charge on any atom is 0.328 e. The van der Waals surface area contributed by atoms with Gasteiger partial charge in [0.25, 0.3) is 0 Å². The number of carbonyl (C=O) groups is 3. The molecule has 1 atom stereocenters. The molecule has 1 aromatic carbocycles. The summed E-state index contributed by atoms with van der Waals surface area (Å²) in [4.78, 5) is 35.5. The van der Waals surface area contributed by atoms with Gasteiger partial charge in [-0.2, -0.15) is 0 Å². The summed E-state index contributed by atoms with van der Waals surface area (Å²) in [6, 6.07) is 3.89. The van der Waals surface area contributed by atoms with E-state index in [0.717, 1.165) is 5.56 Å². The molecule has 1 aromatic rings. The largest absolute Gasteiger partial charge is 0.480 e. The molecule has 0 aromatic heterocycles. The van der Waals surface area contributed by atoms with E-state index in [4.69, 9.17) is 16.7 Å². The number of aliphatic carboxylic acids is 1. The summed E-state index contributed by atoms with van der Waals surface area (Å²) < 4.78 is 0. The van der Waals surface area contributed by atoms with Crippen molar-refractivity contribution in [2.45, 2.75) is 19.4 Å². The normalized spacial score (nSPS) is 14.9. The van der Waals surface area contributed by atoms with E-state index in [1.165, 1.54) is 11.8 Å². The van der Waals surface area contributed by atoms with E-state index in [-0.39, 0.29) is 18.9 Å². The molecule has 0 bridgehead atoms. The predicted octanol–water partition coefficient (Wildman–Crippen LogP) is 0.818. The third-order valence-electron chi connectivity index (χ3n) is 3.02. The Bertz CT molecular complexity index is 588. The van der Waals surface area contributed by atoms with Gasteiger partial charge >= 0.3 is 5.97 Å². The molecule has 1 heterocycles. The monoisotopic (exact) mass is 296 g/mol. The molecule has 1 aliphatic heterocycles. The van der Waals surface area contributed by atoms with Crippen molar-refractivity contribution < 1.29 is 19.5 Å². The van der Waals surface area contributed by atoms with Gasteiger partial charge in [-0.15, -0.1) is 0 Å². The zero-order valence-electron chi connectivity index (χ0n) is 10.7. The lowest BCUT2D eigenvalue weighted by Gasteiger charge is -2.22. The van der Waals surface area contributed by atoms with E-state index in [2.05, 4.69) is 5.32 Å². The number of hydrogen-bond acceptors (Lipinski definition) is 3. The van der Waals surface area contributed by atoms with Crippen molar-refractivity contribution in [1.29, 1.82) is 0 Å². The zero-order chi connectivity index (χ0) is 14.9. The van der Waals surface area contributed by atoms with E-state index >= 15 is 0 Å². The second-order valence-corrected chi connectivity index (χ2v) is 4.98. The van der Waals surface area contributed by atoms with Crippen molar-refractivity contribution in [1.82, 2.24) is 5.32 Å². The van der Waals surface area contributed by atoms with Crippen LogP contribution in [0.15, 0.2) is 18.2 Å². The Morgan fingerprint density at radius 1 is 1.50 bits per heavy atom. The number of benzene rings is 1. The molecule has 20 heavy (non-hydrogen) atoms. The number of amides is 2. The highest BCUT2D eigenvalue weighted by Gasteiger charge is 2.31. The number of hydrogen-bond donors (Lipinski definition) is 2. The van der Waals surface area contributed by atoms with Gasteiger partial charge in [0.2, 0.25) is 11.8 Å². The first-order chi connectivity index (χ1) is 9.38. The van der Waals surface area contributed by atoms with Gasteiger partial charge in [0.05, 0.1) is 13.0 Å². The Balaban J connectivity index is 2.25. The minimum atomic E-state index is -1.19. The Kier molecular flexibility index (Phi) is 3.94. The van der Waals surface area contributed by atoms with Gasteiger partial charge in [-0.1, -0.05) is 17.7 Å². The van der Waals surface area contributed by atoms with Crippen LogP contribution in [0.1, 0.15) is 12.5 Å². The van der Waals surface area contributed by atoms with Crippen LogP contribution < -0.4 is 10.2 Å². The van der Waals surface area contributed by atoms with Crippen LogP contribution in [0, 0.1) is 0 Å². The van der Waals surface area contributed by atoms with Crippen LogP contribution >= 0.6 is 11.6 Å². The molecule has 1 unspecified atom stereocenters. The molecular weight excluding hydrogens is 284 g/mol. The third kappa shape index (κ3) is 2.91. The highest BCUT2D eigenvalue weighted by molar-refractivity contribution is 6.31. The number of anilines is 1. The van der Waals surface area contributed by atoms with Gasteiger partial charge in [-0.3, -0.25) is 9.59 Å². The fraction of sp³-hybridized carbons (Fsp3) is 0.308. The van der Waals surface area contributed by atoms with E-state index in [1.54, 1.807) is 18.2 Å². The Morgan fingerprint density at radius 3 is 2.80 bits per heavy atom. The Hall–Kier alpha value is -2.08. The molecule has 7 heteroatoms. The number of fused-ring (bicyclic) bond motifs is 1. The van der Waals surface area contributed by atoms with Crippen molar-refractivity contribution in [3.8, 4) is 0 Å². The smallest absolute Gasteiger partial charge is 0.328 e. The van der Waals surface area contributed by atoms with Gasteiger partial charge in [0.1, 0.15) is 6.04 Å². The summed E-state index contributed by atoms with van der Waals surface area (Å²) in [5.41, 5.74) is 1.39. The highest BCUT2D eigenvalue weighted by atomic mass is 35.5. The molecule has 0 saturated carbocycles. The minimum absolute atomic E-state index is 0.124. The molecule has 0 spiro atoms. The lowest BCUT2D eigenvalue weighted by molar-refractivity contribution is -0.141. The van der Waals surface area contributed by atoms with Gasteiger partial charge in [0.15, 0.2) is 0 Å². The Morgan fingerprint density at radius 2 is 2.20 bits per heavy atom. The van der Waals surface area contributed by atoms with Crippen molar-refractivity contribution in [2.75, 3.05) is 11.4 Å². The lowest BCUT2D eigenvalue weighted by Crippen LogP contribution is -2.48. The summed E-state index contributed by atoms with van der Waals surface area (Å²) in [6.07, 6.45) is 0.207. The third-order valence-corrected chi connectivity index (χ3v) is 3.26. The first kappa shape index (κ1) is 14.3. The molecule has 0 radical (unpaired) electrons. The van der Waals surface area contributed by atoms with Crippen molar-refractivity contribution in [2.24, 2.45) is 0 Å².